The molecule has 0 aliphatic carbocycles. The molecule has 0 saturated heterocycles. The van der Waals surface area contributed by atoms with Crippen molar-refractivity contribution < 1.29 is 14.6 Å². The first kappa shape index (κ1) is 15.5. The molecule has 1 aromatic rings. The van der Waals surface area contributed by atoms with Crippen LogP contribution in [-0.2, 0) is 4.74 Å². The maximum Gasteiger partial charge on any atom is 0.335 e. The SMILES string of the molecule is COCC1=CCN(c2cc(C(=O)O)cc(C(C)C)n2)CC1. The number of carboxylic acids is 1. The molecule has 1 aromatic heterocycles. The van der Waals surface area contributed by atoms with E-state index in [0.29, 0.717) is 12.2 Å². The zero-order valence-electron chi connectivity index (χ0n) is 12.8. The minimum absolute atomic E-state index is 0.201. The number of anilines is 1. The zero-order valence-corrected chi connectivity index (χ0v) is 12.8. The van der Waals surface area contributed by atoms with E-state index < -0.39 is 5.97 Å². The van der Waals surface area contributed by atoms with E-state index in [9.17, 15) is 9.90 Å². The van der Waals surface area contributed by atoms with Gasteiger partial charge in [0.2, 0.25) is 0 Å². The van der Waals surface area contributed by atoms with Gasteiger partial charge in [0.25, 0.3) is 0 Å². The summed E-state index contributed by atoms with van der Waals surface area (Å²) in [5.74, 6) is 0.0342. The van der Waals surface area contributed by atoms with Crippen molar-refractivity contribution in [1.29, 1.82) is 0 Å². The summed E-state index contributed by atoms with van der Waals surface area (Å²) in [4.78, 5) is 18.0. The van der Waals surface area contributed by atoms with E-state index in [1.807, 2.05) is 13.8 Å². The van der Waals surface area contributed by atoms with Crippen molar-refractivity contribution >= 4 is 11.8 Å². The predicted molar refractivity (Wildman–Crippen MR) is 82.1 cm³/mol. The number of hydrogen-bond acceptors (Lipinski definition) is 4. The third-order valence-corrected chi connectivity index (χ3v) is 3.63. The molecule has 2 rings (SSSR count). The zero-order chi connectivity index (χ0) is 15.4. The largest absolute Gasteiger partial charge is 0.478 e. The number of ether oxygens (including phenoxy) is 1. The van der Waals surface area contributed by atoms with Crippen LogP contribution in [0.15, 0.2) is 23.8 Å². The Morgan fingerprint density at radius 3 is 2.76 bits per heavy atom. The van der Waals surface area contributed by atoms with Gasteiger partial charge >= 0.3 is 5.97 Å². The standard InChI is InChI=1S/C16H22N2O3/c1-11(2)14-8-13(16(19)20)9-15(17-14)18-6-4-12(5-7-18)10-21-3/h4,8-9,11H,5-7,10H2,1-3H3,(H,19,20). The van der Waals surface area contributed by atoms with E-state index in [-0.39, 0.29) is 5.92 Å². The fourth-order valence-corrected chi connectivity index (χ4v) is 2.35. The molecular weight excluding hydrogens is 268 g/mol. The Kier molecular flexibility index (Phi) is 4.96. The first-order valence-electron chi connectivity index (χ1n) is 7.18. The summed E-state index contributed by atoms with van der Waals surface area (Å²) in [6.07, 6.45) is 3.06. The summed E-state index contributed by atoms with van der Waals surface area (Å²) < 4.78 is 5.14. The lowest BCUT2D eigenvalue weighted by molar-refractivity contribution is 0.0696. The Balaban J connectivity index is 2.25. The van der Waals surface area contributed by atoms with Gasteiger partial charge in [-0.3, -0.25) is 0 Å². The monoisotopic (exact) mass is 290 g/mol. The highest BCUT2D eigenvalue weighted by Gasteiger charge is 2.17. The Morgan fingerprint density at radius 2 is 2.24 bits per heavy atom. The first-order valence-corrected chi connectivity index (χ1v) is 7.18. The third kappa shape index (κ3) is 3.82. The molecule has 0 bridgehead atoms. The van der Waals surface area contributed by atoms with Crippen molar-refractivity contribution in [3.63, 3.8) is 0 Å². The van der Waals surface area contributed by atoms with Crippen LogP contribution in [0, 0.1) is 0 Å². The van der Waals surface area contributed by atoms with Gasteiger partial charge < -0.3 is 14.7 Å². The molecule has 0 aromatic carbocycles. The summed E-state index contributed by atoms with van der Waals surface area (Å²) in [7, 11) is 1.69. The van der Waals surface area contributed by atoms with Crippen molar-refractivity contribution in [2.24, 2.45) is 0 Å². The number of aromatic nitrogens is 1. The molecule has 0 radical (unpaired) electrons. The van der Waals surface area contributed by atoms with Crippen LogP contribution < -0.4 is 4.90 Å². The smallest absolute Gasteiger partial charge is 0.335 e. The Labute approximate surface area is 125 Å². The van der Waals surface area contributed by atoms with Crippen LogP contribution >= 0.6 is 0 Å². The van der Waals surface area contributed by atoms with Crippen molar-refractivity contribution in [3.05, 3.63) is 35.0 Å². The van der Waals surface area contributed by atoms with Crippen LogP contribution in [0.3, 0.4) is 0 Å². The maximum absolute atomic E-state index is 11.3. The number of aromatic carboxylic acids is 1. The highest BCUT2D eigenvalue weighted by molar-refractivity contribution is 5.88. The molecule has 0 saturated carbocycles. The van der Waals surface area contributed by atoms with E-state index in [2.05, 4.69) is 16.0 Å². The third-order valence-electron chi connectivity index (χ3n) is 3.63. The number of pyridine rings is 1. The molecule has 1 aliphatic heterocycles. The molecule has 5 heteroatoms. The summed E-state index contributed by atoms with van der Waals surface area (Å²) in [5, 5.41) is 9.25. The molecule has 114 valence electrons. The topological polar surface area (TPSA) is 62.7 Å². The minimum atomic E-state index is -0.909. The number of methoxy groups -OCH3 is 1. The van der Waals surface area contributed by atoms with Crippen LogP contribution in [0.2, 0.25) is 0 Å². The highest BCUT2D eigenvalue weighted by Crippen LogP contribution is 2.23. The minimum Gasteiger partial charge on any atom is -0.478 e. The van der Waals surface area contributed by atoms with Gasteiger partial charge in [-0.1, -0.05) is 19.9 Å². The molecule has 0 atom stereocenters. The quantitative estimate of drug-likeness (QED) is 0.845. The molecular formula is C16H22N2O3. The molecule has 0 unspecified atom stereocenters. The van der Waals surface area contributed by atoms with Gasteiger partial charge in [-0.15, -0.1) is 0 Å². The summed E-state index contributed by atoms with van der Waals surface area (Å²) in [6, 6.07) is 3.32. The molecule has 5 nitrogen and oxygen atoms in total. The Morgan fingerprint density at radius 1 is 1.48 bits per heavy atom. The lowest BCUT2D eigenvalue weighted by atomic mass is 10.1. The number of hydrogen-bond donors (Lipinski definition) is 1. The van der Waals surface area contributed by atoms with Crippen molar-refractivity contribution in [1.82, 2.24) is 4.98 Å². The second kappa shape index (κ2) is 6.72. The van der Waals surface area contributed by atoms with Gasteiger partial charge in [0.05, 0.1) is 12.2 Å². The molecule has 0 spiro atoms. The fraction of sp³-hybridized carbons (Fsp3) is 0.500. The maximum atomic E-state index is 11.3. The van der Waals surface area contributed by atoms with E-state index in [4.69, 9.17) is 4.74 Å². The molecule has 0 fully saturated rings. The normalized spacial score (nSPS) is 15.2. The van der Waals surface area contributed by atoms with Crippen LogP contribution in [0.5, 0.6) is 0 Å². The van der Waals surface area contributed by atoms with Crippen molar-refractivity contribution in [2.45, 2.75) is 26.2 Å². The number of rotatable bonds is 5. The molecule has 0 amide bonds. The van der Waals surface area contributed by atoms with Gasteiger partial charge in [-0.2, -0.15) is 0 Å². The molecule has 1 N–H and O–H groups in total. The van der Waals surface area contributed by atoms with E-state index in [1.54, 1.807) is 19.2 Å². The number of nitrogens with zero attached hydrogens (tertiary/aromatic N) is 2. The molecule has 1 aliphatic rings. The lowest BCUT2D eigenvalue weighted by Gasteiger charge is -2.28. The van der Waals surface area contributed by atoms with E-state index in [1.165, 1.54) is 5.57 Å². The Hall–Kier alpha value is -1.88. The summed E-state index contributed by atoms with van der Waals surface area (Å²) in [5.41, 5.74) is 2.40. The first-order chi connectivity index (χ1) is 10.0. The summed E-state index contributed by atoms with van der Waals surface area (Å²) in [6.45, 7) is 6.28. The predicted octanol–water partition coefficient (Wildman–Crippen LogP) is 2.69. The molecule has 2 heterocycles. The lowest BCUT2D eigenvalue weighted by Crippen LogP contribution is -2.30. The summed E-state index contributed by atoms with van der Waals surface area (Å²) >= 11 is 0. The van der Waals surface area contributed by atoms with Gasteiger partial charge in [0, 0.05) is 25.9 Å². The van der Waals surface area contributed by atoms with Crippen LogP contribution in [0.25, 0.3) is 0 Å². The number of carboxylic acid groups (broad SMARTS) is 1. The van der Waals surface area contributed by atoms with Gasteiger partial charge in [-0.25, -0.2) is 9.78 Å². The second-order valence-electron chi connectivity index (χ2n) is 5.59. The van der Waals surface area contributed by atoms with Crippen LogP contribution in [0.4, 0.5) is 5.82 Å². The van der Waals surface area contributed by atoms with Crippen molar-refractivity contribution in [3.8, 4) is 0 Å². The fourth-order valence-electron chi connectivity index (χ4n) is 2.35. The van der Waals surface area contributed by atoms with Crippen LogP contribution in [0.1, 0.15) is 42.2 Å². The van der Waals surface area contributed by atoms with Gasteiger partial charge in [0.15, 0.2) is 0 Å². The number of carbonyl (C=O) groups is 1. The average molecular weight is 290 g/mol. The second-order valence-corrected chi connectivity index (χ2v) is 5.59. The van der Waals surface area contributed by atoms with Gasteiger partial charge in [0.1, 0.15) is 5.82 Å². The highest BCUT2D eigenvalue weighted by atomic mass is 16.5. The van der Waals surface area contributed by atoms with E-state index >= 15 is 0 Å². The van der Waals surface area contributed by atoms with Crippen molar-refractivity contribution in [2.75, 3.05) is 31.7 Å². The van der Waals surface area contributed by atoms with Gasteiger partial charge in [-0.05, 0) is 30.0 Å². The van der Waals surface area contributed by atoms with E-state index in [0.717, 1.165) is 31.0 Å². The molecule has 21 heavy (non-hydrogen) atoms. The average Bonchev–Trinajstić information content (AvgIpc) is 2.47. The Bertz CT molecular complexity index is 552. The van der Waals surface area contributed by atoms with Crippen LogP contribution in [-0.4, -0.2) is 42.9 Å².